The van der Waals surface area contributed by atoms with Crippen LogP contribution in [-0.4, -0.2) is 30.5 Å². The minimum absolute atomic E-state index is 0.0694. The molecule has 0 radical (unpaired) electrons. The predicted octanol–water partition coefficient (Wildman–Crippen LogP) is 4.93. The molecule has 1 aliphatic heterocycles. The quantitative estimate of drug-likeness (QED) is 0.327. The number of Topliss-reactive ketones (excluding diaryl/α,β-unsaturated/α-hetero) is 1. The van der Waals surface area contributed by atoms with Crippen molar-refractivity contribution in [2.24, 2.45) is 0 Å². The molecular formula is C26H25NO6. The molecule has 1 fully saturated rings. The lowest BCUT2D eigenvalue weighted by molar-refractivity contribution is -0.132. The monoisotopic (exact) mass is 447 g/mol. The Balaban J connectivity index is 1.95. The number of aryl methyl sites for hydroxylation is 2. The van der Waals surface area contributed by atoms with Gasteiger partial charge < -0.3 is 19.0 Å². The molecule has 1 aliphatic rings. The minimum atomic E-state index is -0.956. The van der Waals surface area contributed by atoms with E-state index in [2.05, 4.69) is 0 Å². The third-order valence-corrected chi connectivity index (χ3v) is 5.54. The number of furan rings is 1. The normalized spacial score (nSPS) is 17.5. The Bertz CT molecular complexity index is 1240. The number of hydrogen-bond donors (Lipinski definition) is 1. The van der Waals surface area contributed by atoms with Crippen molar-refractivity contribution >= 4 is 23.1 Å². The number of carbonyl (C=O) groups excluding carboxylic acids is 2. The summed E-state index contributed by atoms with van der Waals surface area (Å²) in [6.07, 6.45) is 1.46. The maximum Gasteiger partial charge on any atom is 0.300 e. The van der Waals surface area contributed by atoms with Crippen LogP contribution in [0.3, 0.4) is 0 Å². The summed E-state index contributed by atoms with van der Waals surface area (Å²) in [5, 5.41) is 11.4. The van der Waals surface area contributed by atoms with E-state index in [-0.39, 0.29) is 11.3 Å². The van der Waals surface area contributed by atoms with Crippen molar-refractivity contribution in [2.75, 3.05) is 18.6 Å². The number of rotatable bonds is 6. The third-order valence-electron chi connectivity index (χ3n) is 5.54. The van der Waals surface area contributed by atoms with E-state index in [0.29, 0.717) is 35.1 Å². The molecule has 3 aromatic rings. The number of methoxy groups -OCH3 is 1. The lowest BCUT2D eigenvalue weighted by atomic mass is 9.96. The van der Waals surface area contributed by atoms with Crippen LogP contribution in [0.15, 0.2) is 64.8 Å². The first-order chi connectivity index (χ1) is 15.9. The Morgan fingerprint density at radius 1 is 1.12 bits per heavy atom. The molecule has 1 atom stereocenters. The van der Waals surface area contributed by atoms with E-state index >= 15 is 0 Å². The fraction of sp³-hybridized carbons (Fsp3) is 0.231. The number of carbonyl (C=O) groups is 2. The van der Waals surface area contributed by atoms with Gasteiger partial charge >= 0.3 is 0 Å². The molecular weight excluding hydrogens is 422 g/mol. The van der Waals surface area contributed by atoms with E-state index in [1.165, 1.54) is 18.3 Å². The SMILES string of the molecule is CCOc1cccc(N2C(=O)C(=O)/C(=C(\O)c3cc(C)cc(C)c3OC)C2c2ccco2)c1. The van der Waals surface area contributed by atoms with Crippen LogP contribution < -0.4 is 14.4 Å². The Labute approximate surface area is 191 Å². The van der Waals surface area contributed by atoms with Crippen molar-refractivity contribution in [3.05, 3.63) is 82.8 Å². The molecule has 4 rings (SSSR count). The zero-order valence-electron chi connectivity index (χ0n) is 18.9. The molecule has 1 saturated heterocycles. The molecule has 2 aromatic carbocycles. The van der Waals surface area contributed by atoms with Crippen LogP contribution >= 0.6 is 0 Å². The van der Waals surface area contributed by atoms with Gasteiger partial charge in [0.25, 0.3) is 11.7 Å². The zero-order valence-corrected chi connectivity index (χ0v) is 18.9. The van der Waals surface area contributed by atoms with Crippen molar-refractivity contribution in [2.45, 2.75) is 26.8 Å². The average molecular weight is 447 g/mol. The number of ether oxygens (including phenoxy) is 2. The highest BCUT2D eigenvalue weighted by molar-refractivity contribution is 6.51. The van der Waals surface area contributed by atoms with Gasteiger partial charge in [-0.2, -0.15) is 0 Å². The van der Waals surface area contributed by atoms with Crippen molar-refractivity contribution in [1.29, 1.82) is 0 Å². The van der Waals surface area contributed by atoms with Crippen LogP contribution in [0, 0.1) is 13.8 Å². The Kier molecular flexibility index (Phi) is 5.96. The van der Waals surface area contributed by atoms with Crippen LogP contribution in [0.1, 0.15) is 35.4 Å². The zero-order chi connectivity index (χ0) is 23.7. The van der Waals surface area contributed by atoms with Gasteiger partial charge in [-0.05, 0) is 62.2 Å². The summed E-state index contributed by atoms with van der Waals surface area (Å²) in [6, 6.07) is 12.9. The maximum absolute atomic E-state index is 13.3. The number of aliphatic hydroxyl groups is 1. The first-order valence-corrected chi connectivity index (χ1v) is 10.6. The molecule has 0 saturated carbocycles. The number of amides is 1. The van der Waals surface area contributed by atoms with E-state index in [1.54, 1.807) is 42.5 Å². The molecule has 33 heavy (non-hydrogen) atoms. The van der Waals surface area contributed by atoms with E-state index in [4.69, 9.17) is 13.9 Å². The Morgan fingerprint density at radius 2 is 1.91 bits per heavy atom. The van der Waals surface area contributed by atoms with E-state index in [9.17, 15) is 14.7 Å². The Hall–Kier alpha value is -4.00. The topological polar surface area (TPSA) is 89.2 Å². The molecule has 7 heteroatoms. The summed E-state index contributed by atoms with van der Waals surface area (Å²) in [4.78, 5) is 27.8. The second-order valence-electron chi connectivity index (χ2n) is 7.78. The first kappa shape index (κ1) is 22.2. The molecule has 1 amide bonds. The lowest BCUT2D eigenvalue weighted by Gasteiger charge is -2.24. The van der Waals surface area contributed by atoms with Gasteiger partial charge in [0.05, 0.1) is 31.1 Å². The van der Waals surface area contributed by atoms with E-state index in [1.807, 2.05) is 26.8 Å². The highest BCUT2D eigenvalue weighted by Crippen LogP contribution is 2.44. The van der Waals surface area contributed by atoms with Crippen molar-refractivity contribution in [3.8, 4) is 11.5 Å². The minimum Gasteiger partial charge on any atom is -0.507 e. The number of nitrogens with zero attached hydrogens (tertiary/aromatic N) is 1. The van der Waals surface area contributed by atoms with Crippen LogP contribution in [0.2, 0.25) is 0 Å². The maximum atomic E-state index is 13.3. The van der Waals surface area contributed by atoms with Crippen LogP contribution in [0.5, 0.6) is 11.5 Å². The second kappa shape index (κ2) is 8.86. The van der Waals surface area contributed by atoms with Gasteiger partial charge in [0, 0.05) is 11.8 Å². The van der Waals surface area contributed by atoms with Crippen LogP contribution in [-0.2, 0) is 9.59 Å². The highest BCUT2D eigenvalue weighted by Gasteiger charge is 2.48. The van der Waals surface area contributed by atoms with Gasteiger partial charge in [-0.3, -0.25) is 14.5 Å². The number of aliphatic hydroxyl groups excluding tert-OH is 1. The third kappa shape index (κ3) is 3.86. The van der Waals surface area contributed by atoms with E-state index < -0.39 is 17.7 Å². The van der Waals surface area contributed by atoms with Gasteiger partial charge in [-0.1, -0.05) is 12.1 Å². The Morgan fingerprint density at radius 3 is 2.58 bits per heavy atom. The summed E-state index contributed by atoms with van der Waals surface area (Å²) in [7, 11) is 1.50. The van der Waals surface area contributed by atoms with Crippen molar-refractivity contribution in [1.82, 2.24) is 0 Å². The molecule has 1 N–H and O–H groups in total. The largest absolute Gasteiger partial charge is 0.507 e. The molecule has 1 aromatic heterocycles. The fourth-order valence-corrected chi connectivity index (χ4v) is 4.25. The van der Waals surface area contributed by atoms with E-state index in [0.717, 1.165) is 11.1 Å². The van der Waals surface area contributed by atoms with Gasteiger partial charge in [-0.25, -0.2) is 0 Å². The summed E-state index contributed by atoms with van der Waals surface area (Å²) in [5.74, 6) is -0.554. The molecule has 0 aliphatic carbocycles. The lowest BCUT2D eigenvalue weighted by Crippen LogP contribution is -2.29. The van der Waals surface area contributed by atoms with Crippen LogP contribution in [0.25, 0.3) is 5.76 Å². The van der Waals surface area contributed by atoms with Crippen molar-refractivity contribution < 1.29 is 28.6 Å². The predicted molar refractivity (Wildman–Crippen MR) is 124 cm³/mol. The smallest absolute Gasteiger partial charge is 0.300 e. The summed E-state index contributed by atoms with van der Waals surface area (Å²) in [6.45, 7) is 6.05. The number of ketones is 1. The molecule has 0 spiro atoms. The molecule has 0 bridgehead atoms. The number of benzene rings is 2. The summed E-state index contributed by atoms with van der Waals surface area (Å²) in [5.41, 5.74) is 2.40. The van der Waals surface area contributed by atoms with Gasteiger partial charge in [0.1, 0.15) is 29.1 Å². The summed E-state index contributed by atoms with van der Waals surface area (Å²) >= 11 is 0. The van der Waals surface area contributed by atoms with Gasteiger partial charge in [0.15, 0.2) is 0 Å². The molecule has 170 valence electrons. The molecule has 7 nitrogen and oxygen atoms in total. The standard InChI is InChI=1S/C26H25NO6/c1-5-32-18-9-6-8-17(14-18)27-22(20-10-7-11-33-20)21(24(29)26(27)30)23(28)19-13-15(2)12-16(3)25(19)31-4/h6-14,22,28H,5H2,1-4H3/b23-21-. The molecule has 2 heterocycles. The fourth-order valence-electron chi connectivity index (χ4n) is 4.25. The van der Waals surface area contributed by atoms with Gasteiger partial charge in [-0.15, -0.1) is 0 Å². The first-order valence-electron chi connectivity index (χ1n) is 10.6. The second-order valence-corrected chi connectivity index (χ2v) is 7.78. The average Bonchev–Trinajstić information content (AvgIpc) is 3.40. The highest BCUT2D eigenvalue weighted by atomic mass is 16.5. The van der Waals surface area contributed by atoms with Crippen LogP contribution in [0.4, 0.5) is 5.69 Å². The summed E-state index contributed by atoms with van der Waals surface area (Å²) < 4.78 is 16.7. The number of anilines is 1. The number of hydrogen-bond acceptors (Lipinski definition) is 6. The van der Waals surface area contributed by atoms with Crippen molar-refractivity contribution in [3.63, 3.8) is 0 Å². The molecule has 1 unspecified atom stereocenters. The van der Waals surface area contributed by atoms with Gasteiger partial charge in [0.2, 0.25) is 0 Å².